The van der Waals surface area contributed by atoms with Crippen LogP contribution >= 0.6 is 27.5 Å². The average Bonchev–Trinajstić information content (AvgIpc) is 2.83. The molecule has 110 valence electrons. The van der Waals surface area contributed by atoms with Crippen molar-refractivity contribution in [2.45, 2.75) is 18.5 Å². The van der Waals surface area contributed by atoms with Gasteiger partial charge in [-0.1, -0.05) is 23.7 Å². The van der Waals surface area contributed by atoms with Crippen LogP contribution in [0.4, 0.5) is 5.95 Å². The summed E-state index contributed by atoms with van der Waals surface area (Å²) < 4.78 is 0.880. The van der Waals surface area contributed by atoms with Gasteiger partial charge in [-0.3, -0.25) is 4.90 Å². The topological polar surface area (TPSA) is 41.0 Å². The highest BCUT2D eigenvalue weighted by Crippen LogP contribution is 2.33. The van der Waals surface area contributed by atoms with Crippen LogP contribution < -0.4 is 5.32 Å². The van der Waals surface area contributed by atoms with Crippen LogP contribution in [0.15, 0.2) is 41.1 Å². The average molecular weight is 368 g/mol. The van der Waals surface area contributed by atoms with E-state index >= 15 is 0 Å². The molecule has 1 saturated heterocycles. The number of anilines is 1. The van der Waals surface area contributed by atoms with Gasteiger partial charge in [-0.25, -0.2) is 9.97 Å². The number of likely N-dealkylation sites (tertiary alicyclic amines) is 1. The van der Waals surface area contributed by atoms with Crippen molar-refractivity contribution in [2.24, 2.45) is 0 Å². The Kier molecular flexibility index (Phi) is 4.42. The van der Waals surface area contributed by atoms with E-state index in [0.29, 0.717) is 12.0 Å². The SMILES string of the molecule is CN1CCC(Nc2ncc(Br)cn2)C1c1ccc(Cl)cc1. The first-order chi connectivity index (χ1) is 10.1. The second kappa shape index (κ2) is 6.30. The van der Waals surface area contributed by atoms with Crippen LogP contribution in [0.2, 0.25) is 5.02 Å². The van der Waals surface area contributed by atoms with Crippen LogP contribution in [-0.2, 0) is 0 Å². The molecule has 1 aliphatic heterocycles. The lowest BCUT2D eigenvalue weighted by Gasteiger charge is -2.26. The first kappa shape index (κ1) is 14.8. The fraction of sp³-hybridized carbons (Fsp3) is 0.333. The Balaban J connectivity index is 1.80. The second-order valence-corrected chi connectivity index (χ2v) is 6.59. The Morgan fingerprint density at radius 3 is 2.57 bits per heavy atom. The van der Waals surface area contributed by atoms with Crippen molar-refractivity contribution in [3.05, 3.63) is 51.7 Å². The Hall–Kier alpha value is -1.17. The van der Waals surface area contributed by atoms with Gasteiger partial charge >= 0.3 is 0 Å². The monoisotopic (exact) mass is 366 g/mol. The maximum atomic E-state index is 5.98. The molecule has 0 radical (unpaired) electrons. The summed E-state index contributed by atoms with van der Waals surface area (Å²) in [6, 6.07) is 8.65. The zero-order chi connectivity index (χ0) is 14.8. The Bertz CT molecular complexity index is 602. The third kappa shape index (κ3) is 3.36. The van der Waals surface area contributed by atoms with Gasteiger partial charge < -0.3 is 5.32 Å². The lowest BCUT2D eigenvalue weighted by molar-refractivity contribution is 0.309. The molecule has 21 heavy (non-hydrogen) atoms. The fourth-order valence-electron chi connectivity index (χ4n) is 2.80. The van der Waals surface area contributed by atoms with E-state index in [1.54, 1.807) is 12.4 Å². The standard InChI is InChI=1S/C15H16BrClN4/c1-21-7-6-13(20-15-18-8-11(16)9-19-15)14(21)10-2-4-12(17)5-3-10/h2-5,8-9,13-14H,6-7H2,1H3,(H,18,19,20). The van der Waals surface area contributed by atoms with Crippen LogP contribution in [0.3, 0.4) is 0 Å². The maximum absolute atomic E-state index is 5.98. The van der Waals surface area contributed by atoms with Gasteiger partial charge in [0.05, 0.1) is 10.5 Å². The highest BCUT2D eigenvalue weighted by molar-refractivity contribution is 9.10. The van der Waals surface area contributed by atoms with E-state index in [1.807, 2.05) is 12.1 Å². The van der Waals surface area contributed by atoms with Crippen LogP contribution in [0.25, 0.3) is 0 Å². The van der Waals surface area contributed by atoms with Gasteiger partial charge in [0.15, 0.2) is 0 Å². The first-order valence-electron chi connectivity index (χ1n) is 6.83. The summed E-state index contributed by atoms with van der Waals surface area (Å²) in [6.07, 6.45) is 4.57. The predicted molar refractivity (Wildman–Crippen MR) is 88.6 cm³/mol. The number of hydrogen-bond donors (Lipinski definition) is 1. The minimum atomic E-state index is 0.289. The molecule has 6 heteroatoms. The van der Waals surface area contributed by atoms with E-state index in [2.05, 4.69) is 55.3 Å². The number of hydrogen-bond acceptors (Lipinski definition) is 4. The first-order valence-corrected chi connectivity index (χ1v) is 8.00. The number of rotatable bonds is 3. The van der Waals surface area contributed by atoms with E-state index in [4.69, 9.17) is 11.6 Å². The maximum Gasteiger partial charge on any atom is 0.222 e. The zero-order valence-electron chi connectivity index (χ0n) is 11.6. The van der Waals surface area contributed by atoms with E-state index < -0.39 is 0 Å². The molecule has 1 aromatic carbocycles. The summed E-state index contributed by atoms with van der Waals surface area (Å²) in [4.78, 5) is 10.9. The van der Waals surface area contributed by atoms with Crippen molar-refractivity contribution in [3.63, 3.8) is 0 Å². The summed E-state index contributed by atoms with van der Waals surface area (Å²) in [6.45, 7) is 1.04. The summed E-state index contributed by atoms with van der Waals surface area (Å²) >= 11 is 9.33. The molecule has 2 unspecified atom stereocenters. The molecule has 2 aromatic rings. The largest absolute Gasteiger partial charge is 0.350 e. The molecule has 0 bridgehead atoms. The highest BCUT2D eigenvalue weighted by Gasteiger charge is 2.33. The third-order valence-corrected chi connectivity index (χ3v) is 4.46. The lowest BCUT2D eigenvalue weighted by Crippen LogP contribution is -2.29. The van der Waals surface area contributed by atoms with Gasteiger partial charge in [0.1, 0.15) is 0 Å². The minimum absolute atomic E-state index is 0.289. The van der Waals surface area contributed by atoms with Crippen LogP contribution in [0, 0.1) is 0 Å². The summed E-state index contributed by atoms with van der Waals surface area (Å²) in [7, 11) is 2.14. The number of nitrogens with one attached hydrogen (secondary N) is 1. The van der Waals surface area contributed by atoms with Gasteiger partial charge in [-0.05, 0) is 47.1 Å². The van der Waals surface area contributed by atoms with Gasteiger partial charge in [0.25, 0.3) is 0 Å². The molecule has 2 heterocycles. The summed E-state index contributed by atoms with van der Waals surface area (Å²) in [5.74, 6) is 0.664. The van der Waals surface area contributed by atoms with Gasteiger partial charge in [-0.15, -0.1) is 0 Å². The normalized spacial score (nSPS) is 22.4. The molecular formula is C15H16BrClN4. The fourth-order valence-corrected chi connectivity index (χ4v) is 3.13. The zero-order valence-corrected chi connectivity index (χ0v) is 14.0. The van der Waals surface area contributed by atoms with E-state index in [1.165, 1.54) is 5.56 Å². The van der Waals surface area contributed by atoms with E-state index in [9.17, 15) is 0 Å². The number of aromatic nitrogens is 2. The Morgan fingerprint density at radius 1 is 1.24 bits per heavy atom. The van der Waals surface area contributed by atoms with E-state index in [-0.39, 0.29) is 6.04 Å². The third-order valence-electron chi connectivity index (χ3n) is 3.80. The highest BCUT2D eigenvalue weighted by atomic mass is 79.9. The molecule has 3 rings (SSSR count). The van der Waals surface area contributed by atoms with Crippen molar-refractivity contribution in [3.8, 4) is 0 Å². The van der Waals surface area contributed by atoms with Gasteiger partial charge in [0.2, 0.25) is 5.95 Å². The molecule has 0 amide bonds. The molecule has 0 aliphatic carbocycles. The smallest absolute Gasteiger partial charge is 0.222 e. The molecule has 1 N–H and O–H groups in total. The summed E-state index contributed by atoms with van der Waals surface area (Å²) in [5.41, 5.74) is 1.26. The Morgan fingerprint density at radius 2 is 1.90 bits per heavy atom. The predicted octanol–water partition coefficient (Wildman–Crippen LogP) is 3.75. The van der Waals surface area contributed by atoms with Crippen molar-refractivity contribution in [2.75, 3.05) is 18.9 Å². The van der Waals surface area contributed by atoms with Crippen molar-refractivity contribution in [1.29, 1.82) is 0 Å². The molecule has 0 saturated carbocycles. The van der Waals surface area contributed by atoms with Gasteiger partial charge in [0, 0.05) is 30.0 Å². The molecule has 1 aromatic heterocycles. The molecule has 1 aliphatic rings. The number of halogens is 2. The van der Waals surface area contributed by atoms with Crippen LogP contribution in [-0.4, -0.2) is 34.5 Å². The lowest BCUT2D eigenvalue weighted by atomic mass is 10.0. The van der Waals surface area contributed by atoms with Gasteiger partial charge in [-0.2, -0.15) is 0 Å². The number of likely N-dealkylation sites (N-methyl/N-ethyl adjacent to an activating group) is 1. The molecule has 4 nitrogen and oxygen atoms in total. The van der Waals surface area contributed by atoms with Crippen molar-refractivity contribution < 1.29 is 0 Å². The molecular weight excluding hydrogens is 352 g/mol. The molecule has 1 fully saturated rings. The summed E-state index contributed by atoms with van der Waals surface area (Å²) in [5, 5.41) is 4.21. The van der Waals surface area contributed by atoms with Crippen molar-refractivity contribution in [1.82, 2.24) is 14.9 Å². The molecule has 0 spiro atoms. The molecule has 2 atom stereocenters. The minimum Gasteiger partial charge on any atom is -0.350 e. The number of nitrogens with zero attached hydrogens (tertiary/aromatic N) is 3. The van der Waals surface area contributed by atoms with E-state index in [0.717, 1.165) is 22.5 Å². The Labute approximate surface area is 137 Å². The quantitative estimate of drug-likeness (QED) is 0.897. The van der Waals surface area contributed by atoms with Crippen molar-refractivity contribution >= 4 is 33.5 Å². The number of benzene rings is 1. The van der Waals surface area contributed by atoms with Crippen LogP contribution in [0.5, 0.6) is 0 Å². The second-order valence-electron chi connectivity index (χ2n) is 5.24. The van der Waals surface area contributed by atoms with Crippen LogP contribution in [0.1, 0.15) is 18.0 Å².